The fourth-order valence-electron chi connectivity index (χ4n) is 1.76. The van der Waals surface area contributed by atoms with Crippen molar-refractivity contribution >= 4 is 33.4 Å². The van der Waals surface area contributed by atoms with E-state index in [2.05, 4.69) is 26.6 Å². The first-order valence-corrected chi connectivity index (χ1v) is 6.22. The average Bonchev–Trinajstić information content (AvgIpc) is 2.70. The van der Waals surface area contributed by atoms with E-state index in [-0.39, 0.29) is 11.8 Å². The van der Waals surface area contributed by atoms with Gasteiger partial charge in [0.1, 0.15) is 6.04 Å². The highest BCUT2D eigenvalue weighted by atomic mass is 79.9. The van der Waals surface area contributed by atoms with Crippen LogP contribution in [0, 0.1) is 6.92 Å². The molecule has 0 spiro atoms. The van der Waals surface area contributed by atoms with Gasteiger partial charge in [-0.3, -0.25) is 9.59 Å². The maximum atomic E-state index is 11.8. The highest BCUT2D eigenvalue weighted by Gasteiger charge is 2.27. The van der Waals surface area contributed by atoms with Crippen molar-refractivity contribution in [3.8, 4) is 0 Å². The number of rotatable bonds is 2. The molecule has 0 bridgehead atoms. The SMILES string of the molecule is Cc1cc(NC(=O)[C@H]2CCC(=O)N2)ccc1Br. The summed E-state index contributed by atoms with van der Waals surface area (Å²) < 4.78 is 1.00. The molecule has 1 aliphatic rings. The lowest BCUT2D eigenvalue weighted by Gasteiger charge is -2.11. The molecule has 1 aromatic rings. The van der Waals surface area contributed by atoms with Crippen LogP contribution in [0.1, 0.15) is 18.4 Å². The average molecular weight is 297 g/mol. The minimum absolute atomic E-state index is 0.0582. The number of hydrogen-bond acceptors (Lipinski definition) is 2. The first-order chi connectivity index (χ1) is 8.06. The van der Waals surface area contributed by atoms with Gasteiger partial charge in [-0.05, 0) is 37.1 Å². The second-order valence-corrected chi connectivity index (χ2v) is 4.97. The molecular weight excluding hydrogens is 284 g/mol. The molecule has 0 saturated carbocycles. The van der Waals surface area contributed by atoms with E-state index < -0.39 is 6.04 Å². The van der Waals surface area contributed by atoms with Crippen molar-refractivity contribution in [2.45, 2.75) is 25.8 Å². The number of carbonyl (C=O) groups is 2. The minimum Gasteiger partial charge on any atom is -0.344 e. The van der Waals surface area contributed by atoms with E-state index in [1.807, 2.05) is 25.1 Å². The second kappa shape index (κ2) is 4.87. The van der Waals surface area contributed by atoms with Crippen molar-refractivity contribution in [2.24, 2.45) is 0 Å². The molecule has 17 heavy (non-hydrogen) atoms. The lowest BCUT2D eigenvalue weighted by atomic mass is 10.2. The standard InChI is InChI=1S/C12H13BrN2O2/c1-7-6-8(2-3-9(7)13)14-12(17)10-4-5-11(16)15-10/h2-3,6,10H,4-5H2,1H3,(H,14,17)(H,15,16)/t10-/m1/s1. The number of aryl methyl sites for hydroxylation is 1. The molecule has 2 N–H and O–H groups in total. The Labute approximate surface area is 108 Å². The summed E-state index contributed by atoms with van der Waals surface area (Å²) in [6, 6.07) is 5.20. The molecule has 1 aromatic carbocycles. The van der Waals surface area contributed by atoms with Crippen molar-refractivity contribution < 1.29 is 9.59 Å². The molecule has 1 saturated heterocycles. The molecule has 1 atom stereocenters. The maximum absolute atomic E-state index is 11.8. The Morgan fingerprint density at radius 2 is 2.29 bits per heavy atom. The van der Waals surface area contributed by atoms with E-state index >= 15 is 0 Å². The van der Waals surface area contributed by atoms with Gasteiger partial charge >= 0.3 is 0 Å². The Bertz CT molecular complexity index is 474. The first kappa shape index (κ1) is 12.1. The lowest BCUT2D eigenvalue weighted by Crippen LogP contribution is -2.37. The zero-order valence-corrected chi connectivity index (χ0v) is 11.0. The predicted octanol–water partition coefficient (Wildman–Crippen LogP) is 1.97. The summed E-state index contributed by atoms with van der Waals surface area (Å²) in [5.41, 5.74) is 1.80. The number of amides is 2. The topological polar surface area (TPSA) is 58.2 Å². The molecule has 2 amide bonds. The molecule has 1 fully saturated rings. The van der Waals surface area contributed by atoms with Crippen LogP contribution in [-0.2, 0) is 9.59 Å². The maximum Gasteiger partial charge on any atom is 0.246 e. The summed E-state index contributed by atoms with van der Waals surface area (Å²) >= 11 is 3.40. The third kappa shape index (κ3) is 2.85. The molecule has 0 aromatic heterocycles. The summed E-state index contributed by atoms with van der Waals surface area (Å²) in [5.74, 6) is -0.213. The van der Waals surface area contributed by atoms with Gasteiger partial charge in [0.15, 0.2) is 0 Å². The quantitative estimate of drug-likeness (QED) is 0.877. The molecule has 0 aliphatic carbocycles. The highest BCUT2D eigenvalue weighted by Crippen LogP contribution is 2.20. The van der Waals surface area contributed by atoms with Gasteiger partial charge in [-0.25, -0.2) is 0 Å². The Morgan fingerprint density at radius 3 is 2.88 bits per heavy atom. The molecular formula is C12H13BrN2O2. The van der Waals surface area contributed by atoms with E-state index in [1.165, 1.54) is 0 Å². The first-order valence-electron chi connectivity index (χ1n) is 5.42. The van der Waals surface area contributed by atoms with Crippen LogP contribution in [0.4, 0.5) is 5.69 Å². The summed E-state index contributed by atoms with van der Waals surface area (Å²) in [4.78, 5) is 22.8. The fourth-order valence-corrected chi connectivity index (χ4v) is 2.01. The van der Waals surface area contributed by atoms with Crippen LogP contribution in [0.25, 0.3) is 0 Å². The van der Waals surface area contributed by atoms with Gasteiger partial charge in [0.25, 0.3) is 0 Å². The zero-order chi connectivity index (χ0) is 12.4. The van der Waals surface area contributed by atoms with E-state index in [4.69, 9.17) is 0 Å². The molecule has 0 radical (unpaired) electrons. The molecule has 5 heteroatoms. The Hall–Kier alpha value is -1.36. The van der Waals surface area contributed by atoms with Gasteiger partial charge < -0.3 is 10.6 Å². The van der Waals surface area contributed by atoms with Crippen molar-refractivity contribution in [3.05, 3.63) is 28.2 Å². The highest BCUT2D eigenvalue weighted by molar-refractivity contribution is 9.10. The molecule has 2 rings (SSSR count). The normalized spacial score (nSPS) is 18.9. The summed E-state index contributed by atoms with van der Waals surface area (Å²) in [6.45, 7) is 1.96. The smallest absolute Gasteiger partial charge is 0.246 e. The van der Waals surface area contributed by atoms with Crippen molar-refractivity contribution in [1.29, 1.82) is 0 Å². The molecule has 0 unspecified atom stereocenters. The van der Waals surface area contributed by atoms with Gasteiger partial charge in [0, 0.05) is 16.6 Å². The van der Waals surface area contributed by atoms with E-state index in [9.17, 15) is 9.59 Å². The summed E-state index contributed by atoms with van der Waals surface area (Å²) in [5, 5.41) is 5.44. The minimum atomic E-state index is -0.397. The molecule has 4 nitrogen and oxygen atoms in total. The van der Waals surface area contributed by atoms with Crippen LogP contribution < -0.4 is 10.6 Å². The Balaban J connectivity index is 2.03. The summed E-state index contributed by atoms with van der Waals surface area (Å²) in [7, 11) is 0. The predicted molar refractivity (Wildman–Crippen MR) is 68.7 cm³/mol. The second-order valence-electron chi connectivity index (χ2n) is 4.11. The summed E-state index contributed by atoms with van der Waals surface area (Å²) in [6.07, 6.45) is 0.998. The van der Waals surface area contributed by atoms with Crippen LogP contribution in [0.15, 0.2) is 22.7 Å². The third-order valence-electron chi connectivity index (χ3n) is 2.74. The van der Waals surface area contributed by atoms with E-state index in [1.54, 1.807) is 0 Å². The van der Waals surface area contributed by atoms with Gasteiger partial charge in [-0.1, -0.05) is 15.9 Å². The van der Waals surface area contributed by atoms with Crippen molar-refractivity contribution in [2.75, 3.05) is 5.32 Å². The van der Waals surface area contributed by atoms with Crippen LogP contribution in [0.2, 0.25) is 0 Å². The van der Waals surface area contributed by atoms with Crippen LogP contribution in [-0.4, -0.2) is 17.9 Å². The number of halogens is 1. The van der Waals surface area contributed by atoms with Crippen molar-refractivity contribution in [1.82, 2.24) is 5.32 Å². The molecule has 1 aliphatic heterocycles. The lowest BCUT2D eigenvalue weighted by molar-refractivity contribution is -0.122. The molecule has 1 heterocycles. The Kier molecular flexibility index (Phi) is 3.47. The molecule has 90 valence electrons. The third-order valence-corrected chi connectivity index (χ3v) is 3.63. The zero-order valence-electron chi connectivity index (χ0n) is 9.42. The van der Waals surface area contributed by atoms with Crippen molar-refractivity contribution in [3.63, 3.8) is 0 Å². The number of hydrogen-bond donors (Lipinski definition) is 2. The number of anilines is 1. The van der Waals surface area contributed by atoms with E-state index in [0.29, 0.717) is 12.8 Å². The van der Waals surface area contributed by atoms with Gasteiger partial charge in [-0.15, -0.1) is 0 Å². The van der Waals surface area contributed by atoms with Gasteiger partial charge in [0.05, 0.1) is 0 Å². The fraction of sp³-hybridized carbons (Fsp3) is 0.333. The Morgan fingerprint density at radius 1 is 1.53 bits per heavy atom. The van der Waals surface area contributed by atoms with Crippen LogP contribution in [0.3, 0.4) is 0 Å². The van der Waals surface area contributed by atoms with E-state index in [0.717, 1.165) is 15.7 Å². The van der Waals surface area contributed by atoms with Crippen LogP contribution in [0.5, 0.6) is 0 Å². The number of benzene rings is 1. The largest absolute Gasteiger partial charge is 0.344 e. The number of carbonyl (C=O) groups excluding carboxylic acids is 2. The monoisotopic (exact) mass is 296 g/mol. The number of nitrogens with one attached hydrogen (secondary N) is 2. The van der Waals surface area contributed by atoms with Gasteiger partial charge in [-0.2, -0.15) is 0 Å². The van der Waals surface area contributed by atoms with Gasteiger partial charge in [0.2, 0.25) is 11.8 Å². The van der Waals surface area contributed by atoms with Crippen LogP contribution >= 0.6 is 15.9 Å².